The molecule has 168 valence electrons. The topological polar surface area (TPSA) is 12.9 Å². The Morgan fingerprint density at radius 2 is 1.58 bits per heavy atom. The van der Waals surface area contributed by atoms with Crippen LogP contribution in [-0.2, 0) is 10.8 Å². The number of rotatable bonds is 5. The third kappa shape index (κ3) is 3.16. The summed E-state index contributed by atoms with van der Waals surface area (Å²) in [4.78, 5) is 4.99. The summed E-state index contributed by atoms with van der Waals surface area (Å²) in [5.74, 6) is 0.568. The fourth-order valence-electron chi connectivity index (χ4n) is 6.01. The standard InChI is InChI=1S/C32H35N/c1-7-21(3)32(6,8-2)29-19-25-24-15-11-12-16-27(24)31(4,5)28(25)20-26(29)30-23-14-10-9-13-22(23)17-18-33-30/h9-21H,7-8H2,1-6H3/t21-,32?/m1/s1. The summed E-state index contributed by atoms with van der Waals surface area (Å²) in [5, 5.41) is 2.48. The van der Waals surface area contributed by atoms with Gasteiger partial charge >= 0.3 is 0 Å². The van der Waals surface area contributed by atoms with Gasteiger partial charge in [0.25, 0.3) is 0 Å². The van der Waals surface area contributed by atoms with Crippen LogP contribution in [0.5, 0.6) is 0 Å². The first-order valence-corrected chi connectivity index (χ1v) is 12.5. The number of nitrogens with zero attached hydrogens (tertiary/aromatic N) is 1. The normalized spacial score (nSPS) is 16.8. The van der Waals surface area contributed by atoms with E-state index >= 15 is 0 Å². The van der Waals surface area contributed by atoms with Crippen molar-refractivity contribution in [1.29, 1.82) is 0 Å². The summed E-state index contributed by atoms with van der Waals surface area (Å²) in [6.45, 7) is 14.3. The van der Waals surface area contributed by atoms with Crippen LogP contribution in [0.2, 0.25) is 0 Å². The average Bonchev–Trinajstić information content (AvgIpc) is 3.08. The van der Waals surface area contributed by atoms with E-state index in [0.29, 0.717) is 5.92 Å². The Morgan fingerprint density at radius 1 is 0.848 bits per heavy atom. The second-order valence-corrected chi connectivity index (χ2v) is 10.6. The van der Waals surface area contributed by atoms with Gasteiger partial charge in [-0.05, 0) is 69.2 Å². The Hall–Kier alpha value is -2.93. The minimum atomic E-state index is -0.0250. The predicted octanol–water partition coefficient (Wildman–Crippen LogP) is 8.92. The molecule has 0 saturated heterocycles. The molecule has 3 aromatic carbocycles. The lowest BCUT2D eigenvalue weighted by atomic mass is 9.67. The van der Waals surface area contributed by atoms with Gasteiger partial charge in [-0.3, -0.25) is 4.98 Å². The lowest BCUT2D eigenvalue weighted by Gasteiger charge is -2.37. The summed E-state index contributed by atoms with van der Waals surface area (Å²) < 4.78 is 0. The molecule has 0 fully saturated rings. The highest BCUT2D eigenvalue weighted by atomic mass is 14.7. The van der Waals surface area contributed by atoms with Crippen molar-refractivity contribution in [1.82, 2.24) is 4.98 Å². The molecule has 0 aliphatic heterocycles. The maximum Gasteiger partial charge on any atom is 0.0783 e. The fourth-order valence-corrected chi connectivity index (χ4v) is 6.01. The Kier molecular flexibility index (Phi) is 5.20. The molecule has 33 heavy (non-hydrogen) atoms. The lowest BCUT2D eigenvalue weighted by Crippen LogP contribution is -2.30. The average molecular weight is 434 g/mol. The highest BCUT2D eigenvalue weighted by molar-refractivity contribution is 5.96. The third-order valence-corrected chi connectivity index (χ3v) is 8.70. The van der Waals surface area contributed by atoms with Crippen molar-refractivity contribution in [3.8, 4) is 22.4 Å². The van der Waals surface area contributed by atoms with E-state index in [1.54, 1.807) is 0 Å². The largest absolute Gasteiger partial charge is 0.256 e. The Bertz CT molecular complexity index is 1340. The molecule has 1 aliphatic carbocycles. The van der Waals surface area contributed by atoms with Gasteiger partial charge in [0.15, 0.2) is 0 Å². The second kappa shape index (κ2) is 7.83. The summed E-state index contributed by atoms with van der Waals surface area (Å²) in [7, 11) is 0. The Labute approximate surface area is 198 Å². The molecular formula is C32H35N. The van der Waals surface area contributed by atoms with Crippen LogP contribution >= 0.6 is 0 Å². The summed E-state index contributed by atoms with van der Waals surface area (Å²) in [6, 6.07) is 24.8. The molecule has 0 radical (unpaired) electrons. The number of pyridine rings is 1. The summed E-state index contributed by atoms with van der Waals surface area (Å²) >= 11 is 0. The van der Waals surface area contributed by atoms with Gasteiger partial charge in [0.05, 0.1) is 5.69 Å². The molecule has 0 N–H and O–H groups in total. The number of aromatic nitrogens is 1. The molecule has 1 aliphatic rings. The number of hydrogen-bond acceptors (Lipinski definition) is 1. The monoisotopic (exact) mass is 433 g/mol. The van der Waals surface area contributed by atoms with Gasteiger partial charge in [-0.15, -0.1) is 0 Å². The molecule has 0 saturated carbocycles. The van der Waals surface area contributed by atoms with E-state index < -0.39 is 0 Å². The van der Waals surface area contributed by atoms with Crippen molar-refractivity contribution >= 4 is 10.8 Å². The zero-order valence-electron chi connectivity index (χ0n) is 20.9. The van der Waals surface area contributed by atoms with Crippen LogP contribution in [0.1, 0.15) is 71.1 Å². The zero-order valence-corrected chi connectivity index (χ0v) is 20.9. The SMILES string of the molecule is CC[C@@H](C)C(C)(CC)c1cc2c(cc1-c1nccc3ccccc13)C(C)(C)c1ccccc1-2. The molecule has 1 unspecified atom stereocenters. The smallest absolute Gasteiger partial charge is 0.0783 e. The van der Waals surface area contributed by atoms with Crippen molar-refractivity contribution < 1.29 is 0 Å². The predicted molar refractivity (Wildman–Crippen MR) is 142 cm³/mol. The van der Waals surface area contributed by atoms with Gasteiger partial charge in [-0.2, -0.15) is 0 Å². The van der Waals surface area contributed by atoms with Gasteiger partial charge in [0.2, 0.25) is 0 Å². The quantitative estimate of drug-likeness (QED) is 0.306. The van der Waals surface area contributed by atoms with E-state index in [-0.39, 0.29) is 10.8 Å². The Morgan fingerprint density at radius 3 is 2.33 bits per heavy atom. The molecule has 1 nitrogen and oxygen atoms in total. The fraction of sp³-hybridized carbons (Fsp3) is 0.344. The second-order valence-electron chi connectivity index (χ2n) is 10.6. The maximum atomic E-state index is 4.99. The van der Waals surface area contributed by atoms with Crippen molar-refractivity contribution in [2.75, 3.05) is 0 Å². The molecule has 4 aromatic rings. The van der Waals surface area contributed by atoms with E-state index in [9.17, 15) is 0 Å². The molecular weight excluding hydrogens is 398 g/mol. The molecule has 1 aromatic heterocycles. The van der Waals surface area contributed by atoms with E-state index in [1.165, 1.54) is 44.2 Å². The highest BCUT2D eigenvalue weighted by Crippen LogP contribution is 2.53. The number of benzene rings is 3. The summed E-state index contributed by atoms with van der Waals surface area (Å²) in [5.41, 5.74) is 9.53. The van der Waals surface area contributed by atoms with Crippen LogP contribution in [-0.4, -0.2) is 4.98 Å². The maximum absolute atomic E-state index is 4.99. The molecule has 2 atom stereocenters. The van der Waals surface area contributed by atoms with Crippen LogP contribution < -0.4 is 0 Å². The van der Waals surface area contributed by atoms with Crippen LogP contribution in [0.15, 0.2) is 72.9 Å². The first kappa shape index (κ1) is 21.9. The van der Waals surface area contributed by atoms with Crippen LogP contribution in [0, 0.1) is 5.92 Å². The van der Waals surface area contributed by atoms with Crippen molar-refractivity contribution in [3.63, 3.8) is 0 Å². The van der Waals surface area contributed by atoms with Gasteiger partial charge in [0, 0.05) is 22.6 Å². The number of hydrogen-bond donors (Lipinski definition) is 0. The first-order chi connectivity index (χ1) is 15.8. The molecule has 1 heterocycles. The van der Waals surface area contributed by atoms with Crippen LogP contribution in [0.4, 0.5) is 0 Å². The number of fused-ring (bicyclic) bond motifs is 4. The molecule has 0 spiro atoms. The van der Waals surface area contributed by atoms with Crippen molar-refractivity contribution in [3.05, 3.63) is 89.6 Å². The molecule has 0 amide bonds. The zero-order chi connectivity index (χ0) is 23.4. The molecule has 0 bridgehead atoms. The minimum absolute atomic E-state index is 0.0250. The summed E-state index contributed by atoms with van der Waals surface area (Å²) in [6.07, 6.45) is 4.23. The van der Waals surface area contributed by atoms with Gasteiger partial charge in [-0.25, -0.2) is 0 Å². The van der Waals surface area contributed by atoms with Crippen LogP contribution in [0.3, 0.4) is 0 Å². The van der Waals surface area contributed by atoms with E-state index in [2.05, 4.69) is 108 Å². The van der Waals surface area contributed by atoms with Gasteiger partial charge < -0.3 is 0 Å². The van der Waals surface area contributed by atoms with Crippen molar-refractivity contribution in [2.45, 2.75) is 65.2 Å². The lowest BCUT2D eigenvalue weighted by molar-refractivity contribution is 0.296. The van der Waals surface area contributed by atoms with Crippen LogP contribution in [0.25, 0.3) is 33.2 Å². The first-order valence-electron chi connectivity index (χ1n) is 12.5. The highest BCUT2D eigenvalue weighted by Gasteiger charge is 2.39. The molecule has 1 heteroatoms. The molecule has 5 rings (SSSR count). The van der Waals surface area contributed by atoms with E-state index in [1.807, 2.05) is 6.20 Å². The minimum Gasteiger partial charge on any atom is -0.256 e. The van der Waals surface area contributed by atoms with Gasteiger partial charge in [-0.1, -0.05) is 96.5 Å². The third-order valence-electron chi connectivity index (χ3n) is 8.70. The Balaban J connectivity index is 1.89. The van der Waals surface area contributed by atoms with Gasteiger partial charge in [0.1, 0.15) is 0 Å². The van der Waals surface area contributed by atoms with Crippen molar-refractivity contribution in [2.24, 2.45) is 5.92 Å². The van der Waals surface area contributed by atoms with E-state index in [0.717, 1.165) is 18.5 Å². The van der Waals surface area contributed by atoms with E-state index in [4.69, 9.17) is 4.98 Å².